The van der Waals surface area contributed by atoms with Gasteiger partial charge in [-0.15, -0.1) is 24.0 Å². The summed E-state index contributed by atoms with van der Waals surface area (Å²) in [7, 11) is 0. The lowest BCUT2D eigenvalue weighted by Crippen LogP contribution is -2.41. The maximum Gasteiger partial charge on any atom is 0.419 e. The quantitative estimate of drug-likeness (QED) is 0.215. The van der Waals surface area contributed by atoms with Crippen molar-refractivity contribution in [3.63, 3.8) is 0 Å². The molecule has 160 valence electrons. The van der Waals surface area contributed by atoms with Crippen LogP contribution in [-0.2, 0) is 6.18 Å². The number of anilines is 1. The topological polar surface area (TPSA) is 64.6 Å². The van der Waals surface area contributed by atoms with Gasteiger partial charge < -0.3 is 16.0 Å². The molecule has 0 aliphatic carbocycles. The van der Waals surface area contributed by atoms with Gasteiger partial charge in [0.05, 0.1) is 12.1 Å². The number of aromatic nitrogens is 1. The number of aliphatic imine (C=N–C) groups is 1. The molecule has 0 spiro atoms. The molecule has 0 bridgehead atoms. The number of pyridine rings is 1. The minimum absolute atomic E-state index is 0. The Hall–Kier alpha value is -1.30. The van der Waals surface area contributed by atoms with Gasteiger partial charge in [-0.25, -0.2) is 4.98 Å². The number of halogens is 4. The standard InChI is InChI=1S/C18H29F3N6.HI/c1-3-22-17(26-13-14-7-6-12-27(14)4-2)25-11-10-24-16-15(18(19,20)21)8-5-9-23-16;/h5,8-9,14H,3-4,6-7,10-13H2,1-2H3,(H,23,24)(H2,22,25,26);1H. The Morgan fingerprint density at radius 3 is 2.75 bits per heavy atom. The second-order valence-electron chi connectivity index (χ2n) is 6.40. The van der Waals surface area contributed by atoms with Crippen molar-refractivity contribution >= 4 is 35.8 Å². The average Bonchev–Trinajstić information content (AvgIpc) is 3.10. The summed E-state index contributed by atoms with van der Waals surface area (Å²) in [6.07, 6.45) is -0.726. The molecule has 10 heteroatoms. The van der Waals surface area contributed by atoms with Gasteiger partial charge in [-0.1, -0.05) is 6.92 Å². The molecule has 1 aromatic heterocycles. The van der Waals surface area contributed by atoms with Gasteiger partial charge in [0, 0.05) is 31.9 Å². The zero-order valence-corrected chi connectivity index (χ0v) is 18.7. The summed E-state index contributed by atoms with van der Waals surface area (Å²) in [5.41, 5.74) is -0.758. The molecule has 1 saturated heterocycles. The van der Waals surface area contributed by atoms with Crippen LogP contribution in [0.25, 0.3) is 0 Å². The molecule has 2 heterocycles. The first-order valence-corrected chi connectivity index (χ1v) is 9.48. The van der Waals surface area contributed by atoms with E-state index in [2.05, 4.69) is 37.8 Å². The molecule has 1 atom stereocenters. The number of likely N-dealkylation sites (tertiary alicyclic amines) is 1. The van der Waals surface area contributed by atoms with Gasteiger partial charge in [-0.2, -0.15) is 13.2 Å². The summed E-state index contributed by atoms with van der Waals surface area (Å²) >= 11 is 0. The Kier molecular flexibility index (Phi) is 10.9. The third-order valence-corrected chi connectivity index (χ3v) is 4.53. The summed E-state index contributed by atoms with van der Waals surface area (Å²) in [4.78, 5) is 10.8. The van der Waals surface area contributed by atoms with Crippen molar-refractivity contribution in [2.75, 3.05) is 44.6 Å². The predicted molar refractivity (Wildman–Crippen MR) is 117 cm³/mol. The first-order valence-electron chi connectivity index (χ1n) is 9.48. The van der Waals surface area contributed by atoms with E-state index in [4.69, 9.17) is 0 Å². The predicted octanol–water partition coefficient (Wildman–Crippen LogP) is 3.17. The van der Waals surface area contributed by atoms with Crippen LogP contribution in [0.5, 0.6) is 0 Å². The number of rotatable bonds is 8. The molecule has 1 aliphatic heterocycles. The molecule has 6 nitrogen and oxygen atoms in total. The van der Waals surface area contributed by atoms with Crippen molar-refractivity contribution in [3.05, 3.63) is 23.9 Å². The number of nitrogens with zero attached hydrogens (tertiary/aromatic N) is 3. The van der Waals surface area contributed by atoms with Crippen LogP contribution < -0.4 is 16.0 Å². The number of alkyl halides is 3. The van der Waals surface area contributed by atoms with Crippen molar-refractivity contribution in [1.29, 1.82) is 0 Å². The third-order valence-electron chi connectivity index (χ3n) is 4.53. The van der Waals surface area contributed by atoms with E-state index in [9.17, 15) is 13.2 Å². The van der Waals surface area contributed by atoms with Crippen LogP contribution >= 0.6 is 24.0 Å². The molecule has 1 fully saturated rings. The summed E-state index contributed by atoms with van der Waals surface area (Å²) in [6.45, 7) is 8.46. The molecule has 1 aromatic rings. The van der Waals surface area contributed by atoms with Crippen molar-refractivity contribution in [1.82, 2.24) is 20.5 Å². The Balaban J connectivity index is 0.00000392. The van der Waals surface area contributed by atoms with E-state index in [-0.39, 0.29) is 29.8 Å². The smallest absolute Gasteiger partial charge is 0.368 e. The van der Waals surface area contributed by atoms with E-state index in [0.717, 1.165) is 38.7 Å². The van der Waals surface area contributed by atoms with Gasteiger partial charge >= 0.3 is 6.18 Å². The number of hydrogen-bond acceptors (Lipinski definition) is 4. The zero-order chi connectivity index (χ0) is 19.7. The van der Waals surface area contributed by atoms with E-state index >= 15 is 0 Å². The second kappa shape index (κ2) is 12.3. The average molecular weight is 514 g/mol. The lowest BCUT2D eigenvalue weighted by atomic mass is 10.2. The molecule has 28 heavy (non-hydrogen) atoms. The molecule has 0 saturated carbocycles. The van der Waals surface area contributed by atoms with Crippen LogP contribution in [0.15, 0.2) is 23.3 Å². The summed E-state index contributed by atoms with van der Waals surface area (Å²) in [5, 5.41) is 9.07. The molecule has 0 radical (unpaired) electrons. The van der Waals surface area contributed by atoms with E-state index in [1.807, 2.05) is 6.92 Å². The van der Waals surface area contributed by atoms with Gasteiger partial charge in [-0.3, -0.25) is 9.89 Å². The molecule has 0 aromatic carbocycles. The van der Waals surface area contributed by atoms with Crippen LogP contribution in [0.1, 0.15) is 32.3 Å². The van der Waals surface area contributed by atoms with Crippen molar-refractivity contribution in [2.45, 2.75) is 38.9 Å². The number of nitrogens with one attached hydrogen (secondary N) is 3. The fourth-order valence-corrected chi connectivity index (χ4v) is 3.19. The molecule has 1 unspecified atom stereocenters. The third kappa shape index (κ3) is 7.61. The minimum Gasteiger partial charge on any atom is -0.368 e. The summed E-state index contributed by atoms with van der Waals surface area (Å²) < 4.78 is 38.9. The maximum absolute atomic E-state index is 13.0. The monoisotopic (exact) mass is 514 g/mol. The van der Waals surface area contributed by atoms with Gasteiger partial charge in [-0.05, 0) is 45.0 Å². The molecule has 2 rings (SSSR count). The Morgan fingerprint density at radius 2 is 2.07 bits per heavy atom. The highest BCUT2D eigenvalue weighted by atomic mass is 127. The first-order chi connectivity index (χ1) is 13.0. The molecular formula is C18H30F3IN6. The highest BCUT2D eigenvalue weighted by molar-refractivity contribution is 14.0. The molecule has 0 amide bonds. The molecule has 3 N–H and O–H groups in total. The lowest BCUT2D eigenvalue weighted by Gasteiger charge is -2.21. The van der Waals surface area contributed by atoms with Crippen LogP contribution in [0, 0.1) is 0 Å². The van der Waals surface area contributed by atoms with Crippen LogP contribution in [0.4, 0.5) is 19.0 Å². The second-order valence-corrected chi connectivity index (χ2v) is 6.40. The van der Waals surface area contributed by atoms with Crippen LogP contribution in [-0.4, -0.2) is 61.2 Å². The maximum atomic E-state index is 13.0. The largest absolute Gasteiger partial charge is 0.419 e. The van der Waals surface area contributed by atoms with E-state index in [0.29, 0.717) is 25.1 Å². The fourth-order valence-electron chi connectivity index (χ4n) is 3.19. The number of hydrogen-bond donors (Lipinski definition) is 3. The van der Waals surface area contributed by atoms with E-state index in [1.165, 1.54) is 18.7 Å². The molecular weight excluding hydrogens is 484 g/mol. The summed E-state index contributed by atoms with van der Waals surface area (Å²) in [6, 6.07) is 2.77. The van der Waals surface area contributed by atoms with E-state index in [1.54, 1.807) is 0 Å². The summed E-state index contributed by atoms with van der Waals surface area (Å²) in [5.74, 6) is 0.526. The van der Waals surface area contributed by atoms with Crippen molar-refractivity contribution in [3.8, 4) is 0 Å². The highest BCUT2D eigenvalue weighted by Gasteiger charge is 2.33. The van der Waals surface area contributed by atoms with Gasteiger partial charge in [0.25, 0.3) is 0 Å². The van der Waals surface area contributed by atoms with Crippen molar-refractivity contribution in [2.24, 2.45) is 4.99 Å². The highest BCUT2D eigenvalue weighted by Crippen LogP contribution is 2.33. The Bertz CT molecular complexity index is 611. The number of likely N-dealkylation sites (N-methyl/N-ethyl adjacent to an activating group) is 1. The SMILES string of the molecule is CCNC(=NCC1CCCN1CC)NCCNc1ncccc1C(F)(F)F.I. The molecule has 1 aliphatic rings. The fraction of sp³-hybridized carbons (Fsp3) is 0.667. The lowest BCUT2D eigenvalue weighted by molar-refractivity contribution is -0.137. The Morgan fingerprint density at radius 1 is 1.29 bits per heavy atom. The van der Waals surface area contributed by atoms with Crippen LogP contribution in [0.2, 0.25) is 0 Å². The van der Waals surface area contributed by atoms with Gasteiger partial charge in [0.1, 0.15) is 5.82 Å². The van der Waals surface area contributed by atoms with Crippen molar-refractivity contribution < 1.29 is 13.2 Å². The first kappa shape index (κ1) is 24.7. The van der Waals surface area contributed by atoms with Gasteiger partial charge in [0.15, 0.2) is 5.96 Å². The zero-order valence-electron chi connectivity index (χ0n) is 16.4. The normalized spacial score (nSPS) is 17.9. The minimum atomic E-state index is -4.42. The van der Waals surface area contributed by atoms with E-state index < -0.39 is 11.7 Å². The Labute approximate surface area is 181 Å². The number of guanidine groups is 1. The van der Waals surface area contributed by atoms with Gasteiger partial charge in [0.2, 0.25) is 0 Å². The van der Waals surface area contributed by atoms with Crippen LogP contribution in [0.3, 0.4) is 0 Å².